The van der Waals surface area contributed by atoms with Gasteiger partial charge in [-0.1, -0.05) is 30.2 Å². The largest absolute Gasteiger partial charge is 0.348 e. The van der Waals surface area contributed by atoms with Gasteiger partial charge in [-0.2, -0.15) is 0 Å². The molecule has 4 heteroatoms. The van der Waals surface area contributed by atoms with Crippen LogP contribution >= 0.6 is 11.6 Å². The number of hydrogen-bond donors (Lipinski definition) is 2. The molecule has 1 saturated carbocycles. The van der Waals surface area contributed by atoms with Gasteiger partial charge >= 0.3 is 0 Å². The molecule has 1 aliphatic carbocycles. The van der Waals surface area contributed by atoms with E-state index in [9.17, 15) is 4.79 Å². The van der Waals surface area contributed by atoms with E-state index in [4.69, 9.17) is 17.3 Å². The lowest BCUT2D eigenvalue weighted by molar-refractivity contribution is -0.121. The molecule has 17 heavy (non-hydrogen) atoms. The van der Waals surface area contributed by atoms with Crippen molar-refractivity contribution in [2.24, 2.45) is 11.7 Å². The summed E-state index contributed by atoms with van der Waals surface area (Å²) in [7, 11) is 0. The third-order valence-corrected chi connectivity index (χ3v) is 3.60. The van der Waals surface area contributed by atoms with Crippen LogP contribution in [0.1, 0.15) is 30.9 Å². The normalized spacial score (nSPS) is 17.3. The van der Waals surface area contributed by atoms with Crippen LogP contribution in [0.25, 0.3) is 0 Å². The molecule has 3 nitrogen and oxygen atoms in total. The highest BCUT2D eigenvalue weighted by Crippen LogP contribution is 2.37. The molecule has 0 radical (unpaired) electrons. The van der Waals surface area contributed by atoms with Crippen LogP contribution in [0, 0.1) is 5.92 Å². The molecule has 1 fully saturated rings. The number of carbonyl (C=O) groups is 1. The summed E-state index contributed by atoms with van der Waals surface area (Å²) in [4.78, 5) is 11.4. The second kappa shape index (κ2) is 5.52. The highest BCUT2D eigenvalue weighted by atomic mass is 35.5. The Hall–Kier alpha value is -1.06. The fourth-order valence-electron chi connectivity index (χ4n) is 2.15. The quantitative estimate of drug-likeness (QED) is 0.864. The van der Waals surface area contributed by atoms with E-state index >= 15 is 0 Å². The highest BCUT2D eigenvalue weighted by Gasteiger charge is 2.29. The van der Waals surface area contributed by atoms with Crippen LogP contribution in [-0.4, -0.2) is 12.5 Å². The van der Waals surface area contributed by atoms with Crippen molar-refractivity contribution >= 4 is 17.5 Å². The van der Waals surface area contributed by atoms with Gasteiger partial charge in [-0.05, 0) is 36.5 Å². The molecule has 0 bridgehead atoms. The molecule has 2 rings (SSSR count). The molecule has 1 aromatic rings. The fourth-order valence-corrected chi connectivity index (χ4v) is 2.27. The minimum Gasteiger partial charge on any atom is -0.348 e. The predicted molar refractivity (Wildman–Crippen MR) is 68.7 cm³/mol. The van der Waals surface area contributed by atoms with Gasteiger partial charge < -0.3 is 11.1 Å². The first-order chi connectivity index (χ1) is 8.20. The third kappa shape index (κ3) is 2.99. The number of carbonyl (C=O) groups excluding carboxylic acids is 1. The molecule has 0 heterocycles. The smallest absolute Gasteiger partial charge is 0.234 e. The Morgan fingerprint density at radius 2 is 2.06 bits per heavy atom. The van der Waals surface area contributed by atoms with Crippen LogP contribution < -0.4 is 11.1 Å². The van der Waals surface area contributed by atoms with Crippen molar-refractivity contribution in [1.82, 2.24) is 5.32 Å². The van der Waals surface area contributed by atoms with Crippen molar-refractivity contribution < 1.29 is 4.79 Å². The maximum atomic E-state index is 11.4. The van der Waals surface area contributed by atoms with Gasteiger partial charge in [0.05, 0.1) is 12.6 Å². The fraction of sp³-hybridized carbons (Fsp3) is 0.462. The molecule has 0 aromatic heterocycles. The van der Waals surface area contributed by atoms with E-state index in [1.54, 1.807) is 0 Å². The molecule has 3 N–H and O–H groups in total. The Labute approximate surface area is 106 Å². The number of nitrogens with one attached hydrogen (secondary N) is 1. The summed E-state index contributed by atoms with van der Waals surface area (Å²) in [5.74, 6) is 0.434. The second-order valence-corrected chi connectivity index (χ2v) is 4.93. The van der Waals surface area contributed by atoms with Crippen molar-refractivity contribution in [3.63, 3.8) is 0 Å². The van der Waals surface area contributed by atoms with Crippen LogP contribution in [0.5, 0.6) is 0 Å². The van der Waals surface area contributed by atoms with E-state index in [1.165, 1.54) is 6.42 Å². The lowest BCUT2D eigenvalue weighted by Gasteiger charge is -2.34. The van der Waals surface area contributed by atoms with Gasteiger partial charge in [-0.25, -0.2) is 0 Å². The molecule has 0 aliphatic heterocycles. The minimum atomic E-state index is -0.100. The summed E-state index contributed by atoms with van der Waals surface area (Å²) in [5, 5.41) is 3.71. The van der Waals surface area contributed by atoms with Gasteiger partial charge in [0.2, 0.25) is 5.91 Å². The van der Waals surface area contributed by atoms with Gasteiger partial charge in [0.15, 0.2) is 0 Å². The molecule has 0 spiro atoms. The van der Waals surface area contributed by atoms with Gasteiger partial charge in [0, 0.05) is 5.02 Å². The molecule has 1 atom stereocenters. The van der Waals surface area contributed by atoms with Crippen molar-refractivity contribution in [3.8, 4) is 0 Å². The minimum absolute atomic E-state index is 0.0385. The zero-order valence-corrected chi connectivity index (χ0v) is 10.4. The number of amides is 1. The van der Waals surface area contributed by atoms with Crippen molar-refractivity contribution in [2.45, 2.75) is 25.3 Å². The lowest BCUT2D eigenvalue weighted by atomic mass is 9.77. The summed E-state index contributed by atoms with van der Waals surface area (Å²) < 4.78 is 0. The molecule has 1 unspecified atom stereocenters. The van der Waals surface area contributed by atoms with E-state index in [0.29, 0.717) is 10.9 Å². The van der Waals surface area contributed by atoms with E-state index in [1.807, 2.05) is 24.3 Å². The number of nitrogens with two attached hydrogens (primary N) is 1. The standard InChI is InChI=1S/C13H17ClN2O/c14-11-6-4-10(5-7-11)13(9-2-1-3-9)16-12(17)8-15/h4-7,9,13H,1-3,8,15H2,(H,16,17). The van der Waals surface area contributed by atoms with E-state index in [-0.39, 0.29) is 18.5 Å². The molecular formula is C13H17ClN2O. The summed E-state index contributed by atoms with van der Waals surface area (Å²) in [5.41, 5.74) is 6.46. The summed E-state index contributed by atoms with van der Waals surface area (Å²) in [6, 6.07) is 7.75. The third-order valence-electron chi connectivity index (χ3n) is 3.35. The van der Waals surface area contributed by atoms with Crippen LogP contribution in [0.3, 0.4) is 0 Å². The summed E-state index contributed by atoms with van der Waals surface area (Å²) >= 11 is 5.87. The average molecular weight is 253 g/mol. The van der Waals surface area contributed by atoms with Crippen molar-refractivity contribution in [3.05, 3.63) is 34.9 Å². The summed E-state index contributed by atoms with van der Waals surface area (Å²) in [6.07, 6.45) is 3.57. The highest BCUT2D eigenvalue weighted by molar-refractivity contribution is 6.30. The zero-order valence-electron chi connectivity index (χ0n) is 9.66. The van der Waals surface area contributed by atoms with Crippen molar-refractivity contribution in [1.29, 1.82) is 0 Å². The van der Waals surface area contributed by atoms with Gasteiger partial charge in [0.1, 0.15) is 0 Å². The zero-order chi connectivity index (χ0) is 12.3. The number of hydrogen-bond acceptors (Lipinski definition) is 2. The number of halogens is 1. The molecule has 92 valence electrons. The van der Waals surface area contributed by atoms with E-state index in [0.717, 1.165) is 18.4 Å². The average Bonchev–Trinajstić information content (AvgIpc) is 2.26. The van der Waals surface area contributed by atoms with Crippen LogP contribution in [0.15, 0.2) is 24.3 Å². The topological polar surface area (TPSA) is 55.1 Å². The Morgan fingerprint density at radius 1 is 1.41 bits per heavy atom. The van der Waals surface area contributed by atoms with Crippen molar-refractivity contribution in [2.75, 3.05) is 6.54 Å². The van der Waals surface area contributed by atoms with Crippen LogP contribution in [0.4, 0.5) is 0 Å². The van der Waals surface area contributed by atoms with E-state index < -0.39 is 0 Å². The molecule has 1 aromatic carbocycles. The maximum absolute atomic E-state index is 11.4. The predicted octanol–water partition coefficient (Wildman–Crippen LogP) is 2.26. The maximum Gasteiger partial charge on any atom is 0.234 e. The molecule has 0 saturated heterocycles. The first-order valence-corrected chi connectivity index (χ1v) is 6.33. The first-order valence-electron chi connectivity index (χ1n) is 5.95. The van der Waals surface area contributed by atoms with E-state index in [2.05, 4.69) is 5.32 Å². The van der Waals surface area contributed by atoms with Gasteiger partial charge in [0.25, 0.3) is 0 Å². The molecular weight excluding hydrogens is 236 g/mol. The first kappa shape index (κ1) is 12.4. The van der Waals surface area contributed by atoms with Crippen LogP contribution in [-0.2, 0) is 4.79 Å². The Balaban J connectivity index is 2.14. The summed E-state index contributed by atoms with van der Waals surface area (Å²) in [6.45, 7) is 0.0385. The Bertz CT molecular complexity index is 387. The second-order valence-electron chi connectivity index (χ2n) is 4.49. The number of rotatable bonds is 4. The van der Waals surface area contributed by atoms with Gasteiger partial charge in [-0.3, -0.25) is 4.79 Å². The monoisotopic (exact) mass is 252 g/mol. The Kier molecular flexibility index (Phi) is 4.02. The van der Waals surface area contributed by atoms with Gasteiger partial charge in [-0.15, -0.1) is 0 Å². The molecule has 1 amide bonds. The number of benzene rings is 1. The molecule has 1 aliphatic rings. The SMILES string of the molecule is NCC(=O)NC(c1ccc(Cl)cc1)C1CCC1. The lowest BCUT2D eigenvalue weighted by Crippen LogP contribution is -2.39. The van der Waals surface area contributed by atoms with Crippen LogP contribution in [0.2, 0.25) is 5.02 Å². The Morgan fingerprint density at radius 3 is 2.53 bits per heavy atom.